The van der Waals surface area contributed by atoms with Crippen LogP contribution >= 0.6 is 12.2 Å². The minimum atomic E-state index is 0.526. The van der Waals surface area contributed by atoms with Gasteiger partial charge in [0, 0.05) is 11.9 Å². The second-order valence-corrected chi connectivity index (χ2v) is 4.10. The SMILES string of the molecule is CCCCNc1nc(=S)[nH]c2ccccc12. The number of rotatable bonds is 4. The Kier molecular flexibility index (Phi) is 3.51. The Morgan fingerprint density at radius 1 is 1.38 bits per heavy atom. The third-order valence-corrected chi connectivity index (χ3v) is 2.65. The van der Waals surface area contributed by atoms with E-state index in [1.807, 2.05) is 24.3 Å². The van der Waals surface area contributed by atoms with Gasteiger partial charge in [0.05, 0.1) is 5.52 Å². The van der Waals surface area contributed by atoms with Crippen molar-refractivity contribution < 1.29 is 0 Å². The zero-order valence-corrected chi connectivity index (χ0v) is 10.1. The molecule has 0 saturated heterocycles. The molecule has 1 heterocycles. The van der Waals surface area contributed by atoms with Crippen molar-refractivity contribution >= 4 is 28.9 Å². The van der Waals surface area contributed by atoms with Gasteiger partial charge in [-0.2, -0.15) is 0 Å². The first-order valence-corrected chi connectivity index (χ1v) is 5.95. The highest BCUT2D eigenvalue weighted by Gasteiger charge is 2.01. The molecular weight excluding hydrogens is 218 g/mol. The van der Waals surface area contributed by atoms with Gasteiger partial charge in [0.25, 0.3) is 0 Å². The third-order valence-electron chi connectivity index (χ3n) is 2.46. The van der Waals surface area contributed by atoms with Crippen LogP contribution in [0.3, 0.4) is 0 Å². The zero-order valence-electron chi connectivity index (χ0n) is 9.29. The minimum Gasteiger partial charge on any atom is -0.369 e. The Bertz CT molecular complexity index is 533. The highest BCUT2D eigenvalue weighted by Crippen LogP contribution is 2.18. The molecule has 2 aromatic rings. The Morgan fingerprint density at radius 2 is 2.19 bits per heavy atom. The van der Waals surface area contributed by atoms with Gasteiger partial charge < -0.3 is 10.3 Å². The van der Waals surface area contributed by atoms with Gasteiger partial charge in [-0.25, -0.2) is 4.98 Å². The average Bonchev–Trinajstić information content (AvgIpc) is 2.29. The van der Waals surface area contributed by atoms with Gasteiger partial charge in [-0.3, -0.25) is 0 Å². The van der Waals surface area contributed by atoms with E-state index >= 15 is 0 Å². The first-order valence-electron chi connectivity index (χ1n) is 5.54. The second-order valence-electron chi connectivity index (χ2n) is 3.72. The molecule has 1 aromatic carbocycles. The molecule has 2 rings (SSSR count). The van der Waals surface area contributed by atoms with E-state index in [2.05, 4.69) is 22.2 Å². The summed E-state index contributed by atoms with van der Waals surface area (Å²) in [6, 6.07) is 8.05. The lowest BCUT2D eigenvalue weighted by Crippen LogP contribution is -2.04. The second kappa shape index (κ2) is 5.07. The molecule has 4 heteroatoms. The number of nitrogens with one attached hydrogen (secondary N) is 2. The topological polar surface area (TPSA) is 40.7 Å². The number of anilines is 1. The van der Waals surface area contributed by atoms with E-state index in [1.54, 1.807) is 0 Å². The molecule has 0 unspecified atom stereocenters. The minimum absolute atomic E-state index is 0.526. The first-order chi connectivity index (χ1) is 7.81. The summed E-state index contributed by atoms with van der Waals surface area (Å²) in [4.78, 5) is 7.41. The standard InChI is InChI=1S/C12H15N3S/c1-2-3-8-13-11-9-6-4-5-7-10(9)14-12(16)15-11/h4-7H,2-3,8H2,1H3,(H2,13,14,15,16). The van der Waals surface area contributed by atoms with E-state index in [9.17, 15) is 0 Å². The predicted molar refractivity (Wildman–Crippen MR) is 70.3 cm³/mol. The first kappa shape index (κ1) is 11.1. The van der Waals surface area contributed by atoms with Crippen molar-refractivity contribution in [1.29, 1.82) is 0 Å². The summed E-state index contributed by atoms with van der Waals surface area (Å²) >= 11 is 5.10. The number of aromatic amines is 1. The van der Waals surface area contributed by atoms with Gasteiger partial charge in [0.15, 0.2) is 4.77 Å². The quantitative estimate of drug-likeness (QED) is 0.627. The number of para-hydroxylation sites is 1. The van der Waals surface area contributed by atoms with Gasteiger partial charge in [0.1, 0.15) is 5.82 Å². The van der Waals surface area contributed by atoms with E-state index in [4.69, 9.17) is 12.2 Å². The lowest BCUT2D eigenvalue weighted by Gasteiger charge is -2.07. The summed E-state index contributed by atoms with van der Waals surface area (Å²) < 4.78 is 0.526. The Labute approximate surface area is 99.9 Å². The largest absolute Gasteiger partial charge is 0.369 e. The van der Waals surface area contributed by atoms with Gasteiger partial charge in [-0.1, -0.05) is 25.5 Å². The summed E-state index contributed by atoms with van der Waals surface area (Å²) in [5.74, 6) is 0.882. The van der Waals surface area contributed by atoms with Crippen molar-refractivity contribution in [2.45, 2.75) is 19.8 Å². The predicted octanol–water partition coefficient (Wildman–Crippen LogP) is 3.50. The fourth-order valence-corrected chi connectivity index (χ4v) is 1.82. The summed E-state index contributed by atoms with van der Waals surface area (Å²) in [5.41, 5.74) is 1.03. The summed E-state index contributed by atoms with van der Waals surface area (Å²) in [5, 5.41) is 4.42. The Balaban J connectivity index is 2.38. The van der Waals surface area contributed by atoms with Crippen molar-refractivity contribution in [3.05, 3.63) is 29.0 Å². The average molecular weight is 233 g/mol. The van der Waals surface area contributed by atoms with Crippen LogP contribution < -0.4 is 5.32 Å². The maximum absolute atomic E-state index is 5.10. The van der Waals surface area contributed by atoms with Crippen LogP contribution in [0.1, 0.15) is 19.8 Å². The maximum atomic E-state index is 5.10. The molecule has 16 heavy (non-hydrogen) atoms. The number of hydrogen-bond donors (Lipinski definition) is 2. The molecule has 0 saturated carbocycles. The van der Waals surface area contributed by atoms with Crippen LogP contribution in [-0.2, 0) is 0 Å². The summed E-state index contributed by atoms with van der Waals surface area (Å²) in [6.07, 6.45) is 2.31. The van der Waals surface area contributed by atoms with Crippen molar-refractivity contribution in [2.24, 2.45) is 0 Å². The van der Waals surface area contributed by atoms with E-state index in [-0.39, 0.29) is 0 Å². The highest BCUT2D eigenvalue weighted by molar-refractivity contribution is 7.71. The Hall–Kier alpha value is -1.42. The molecule has 0 aliphatic carbocycles. The van der Waals surface area contributed by atoms with Crippen LogP contribution in [0.25, 0.3) is 10.9 Å². The fourth-order valence-electron chi connectivity index (χ4n) is 1.62. The molecule has 0 amide bonds. The van der Waals surface area contributed by atoms with Crippen LogP contribution in [0.4, 0.5) is 5.82 Å². The van der Waals surface area contributed by atoms with Crippen molar-refractivity contribution in [3.63, 3.8) is 0 Å². The molecule has 2 N–H and O–H groups in total. The van der Waals surface area contributed by atoms with E-state index in [0.29, 0.717) is 4.77 Å². The summed E-state index contributed by atoms with van der Waals surface area (Å²) in [7, 11) is 0. The normalized spacial score (nSPS) is 10.6. The van der Waals surface area contributed by atoms with Crippen molar-refractivity contribution in [2.75, 3.05) is 11.9 Å². The smallest absolute Gasteiger partial charge is 0.199 e. The van der Waals surface area contributed by atoms with E-state index < -0.39 is 0 Å². The third kappa shape index (κ3) is 2.39. The molecule has 0 aliphatic rings. The lowest BCUT2D eigenvalue weighted by molar-refractivity contribution is 0.831. The number of hydrogen-bond acceptors (Lipinski definition) is 3. The monoisotopic (exact) mass is 233 g/mol. The molecule has 0 spiro atoms. The van der Waals surface area contributed by atoms with E-state index in [0.717, 1.165) is 29.7 Å². The van der Waals surface area contributed by atoms with Gasteiger partial charge in [0.2, 0.25) is 0 Å². The number of aromatic nitrogens is 2. The lowest BCUT2D eigenvalue weighted by atomic mass is 10.2. The molecular formula is C12H15N3S. The summed E-state index contributed by atoms with van der Waals surface area (Å²) in [6.45, 7) is 3.11. The van der Waals surface area contributed by atoms with Crippen LogP contribution in [0.5, 0.6) is 0 Å². The fraction of sp³-hybridized carbons (Fsp3) is 0.333. The number of H-pyrrole nitrogens is 1. The van der Waals surface area contributed by atoms with Gasteiger partial charge in [-0.05, 0) is 30.8 Å². The molecule has 0 atom stereocenters. The molecule has 3 nitrogen and oxygen atoms in total. The van der Waals surface area contributed by atoms with Crippen LogP contribution in [0.15, 0.2) is 24.3 Å². The van der Waals surface area contributed by atoms with Crippen molar-refractivity contribution in [1.82, 2.24) is 9.97 Å². The number of unbranched alkanes of at least 4 members (excludes halogenated alkanes) is 1. The molecule has 1 aromatic heterocycles. The molecule has 0 aliphatic heterocycles. The van der Waals surface area contributed by atoms with Gasteiger partial charge >= 0.3 is 0 Å². The number of fused-ring (bicyclic) bond motifs is 1. The van der Waals surface area contributed by atoms with Crippen LogP contribution in [0.2, 0.25) is 0 Å². The van der Waals surface area contributed by atoms with Crippen LogP contribution in [0, 0.1) is 4.77 Å². The molecule has 84 valence electrons. The van der Waals surface area contributed by atoms with Gasteiger partial charge in [-0.15, -0.1) is 0 Å². The van der Waals surface area contributed by atoms with Crippen molar-refractivity contribution in [3.8, 4) is 0 Å². The van der Waals surface area contributed by atoms with Crippen LogP contribution in [-0.4, -0.2) is 16.5 Å². The molecule has 0 radical (unpaired) electrons. The number of benzene rings is 1. The zero-order chi connectivity index (χ0) is 11.4. The molecule has 0 bridgehead atoms. The highest BCUT2D eigenvalue weighted by atomic mass is 32.1. The number of nitrogens with zero attached hydrogens (tertiary/aromatic N) is 1. The van der Waals surface area contributed by atoms with E-state index in [1.165, 1.54) is 6.42 Å². The maximum Gasteiger partial charge on any atom is 0.199 e. The Morgan fingerprint density at radius 3 is 3.00 bits per heavy atom. The molecule has 0 fully saturated rings.